The molecule has 1 N–H and O–H groups in total. The molecule has 0 spiro atoms. The average Bonchev–Trinajstić information content (AvgIpc) is 2.39. The van der Waals surface area contributed by atoms with Gasteiger partial charge in [0.15, 0.2) is 0 Å². The number of rotatable bonds is 9. The van der Waals surface area contributed by atoms with Crippen molar-refractivity contribution < 1.29 is 9.47 Å². The Morgan fingerprint density at radius 1 is 1.33 bits per heavy atom. The highest BCUT2D eigenvalue weighted by Crippen LogP contribution is 2.12. The second-order valence-electron chi connectivity index (χ2n) is 3.82. The third-order valence-electron chi connectivity index (χ3n) is 2.33. The molecule has 0 aliphatic heterocycles. The molecular formula is C14H22N2O2. The van der Waals surface area contributed by atoms with Crippen LogP contribution in [0.4, 0.5) is 0 Å². The number of aromatic nitrogens is 1. The summed E-state index contributed by atoms with van der Waals surface area (Å²) in [5.74, 6) is 0.817. The van der Waals surface area contributed by atoms with Gasteiger partial charge in [0.05, 0.1) is 19.4 Å². The zero-order valence-electron chi connectivity index (χ0n) is 11.2. The molecule has 0 atom stereocenters. The van der Waals surface area contributed by atoms with E-state index < -0.39 is 0 Å². The van der Waals surface area contributed by atoms with Gasteiger partial charge >= 0.3 is 0 Å². The van der Waals surface area contributed by atoms with Crippen LogP contribution in [0, 0.1) is 0 Å². The summed E-state index contributed by atoms with van der Waals surface area (Å²) in [6.07, 6.45) is 8.74. The van der Waals surface area contributed by atoms with E-state index in [1.54, 1.807) is 13.3 Å². The van der Waals surface area contributed by atoms with Gasteiger partial charge in [0.25, 0.3) is 0 Å². The molecule has 0 aliphatic rings. The van der Waals surface area contributed by atoms with Crippen LogP contribution in [0.3, 0.4) is 0 Å². The van der Waals surface area contributed by atoms with Gasteiger partial charge in [-0.15, -0.1) is 0 Å². The number of hydrogen-bond acceptors (Lipinski definition) is 4. The molecule has 18 heavy (non-hydrogen) atoms. The monoisotopic (exact) mass is 250 g/mol. The van der Waals surface area contributed by atoms with Crippen molar-refractivity contribution >= 4 is 6.08 Å². The Bertz CT molecular complexity index is 353. The van der Waals surface area contributed by atoms with Crippen molar-refractivity contribution in [3.05, 3.63) is 30.1 Å². The lowest BCUT2D eigenvalue weighted by atomic mass is 10.2. The highest BCUT2D eigenvalue weighted by molar-refractivity contribution is 5.49. The van der Waals surface area contributed by atoms with Crippen molar-refractivity contribution in [3.63, 3.8) is 0 Å². The topological polar surface area (TPSA) is 43.4 Å². The minimum atomic E-state index is 0.665. The Hall–Kier alpha value is -1.39. The van der Waals surface area contributed by atoms with Crippen molar-refractivity contribution in [3.8, 4) is 5.75 Å². The molecule has 0 saturated carbocycles. The highest BCUT2D eigenvalue weighted by atomic mass is 16.5. The molecule has 1 rings (SSSR count). The molecule has 0 bridgehead atoms. The summed E-state index contributed by atoms with van der Waals surface area (Å²) in [7, 11) is 1.71. The molecule has 1 aromatic rings. The standard InChI is InChI=1S/C14H22N2O2/c1-3-18-14-10-13(11-16-12-14)6-4-5-7-15-8-9-17-2/h4,6,10-12,15H,3,5,7-9H2,1-2H3/b6-4+. The summed E-state index contributed by atoms with van der Waals surface area (Å²) >= 11 is 0. The molecule has 0 saturated heterocycles. The summed E-state index contributed by atoms with van der Waals surface area (Å²) in [5, 5.41) is 3.29. The van der Waals surface area contributed by atoms with Crippen LogP contribution in [-0.2, 0) is 4.74 Å². The van der Waals surface area contributed by atoms with Crippen LogP contribution in [0.2, 0.25) is 0 Å². The van der Waals surface area contributed by atoms with Crippen molar-refractivity contribution in [1.29, 1.82) is 0 Å². The van der Waals surface area contributed by atoms with E-state index in [1.807, 2.05) is 19.2 Å². The van der Waals surface area contributed by atoms with Crippen LogP contribution in [0.15, 0.2) is 24.5 Å². The molecule has 0 amide bonds. The van der Waals surface area contributed by atoms with E-state index in [9.17, 15) is 0 Å². The molecule has 1 aromatic heterocycles. The van der Waals surface area contributed by atoms with Gasteiger partial charge in [-0.2, -0.15) is 0 Å². The smallest absolute Gasteiger partial charge is 0.138 e. The largest absolute Gasteiger partial charge is 0.492 e. The molecule has 0 aromatic carbocycles. The van der Waals surface area contributed by atoms with Crippen LogP contribution in [0.25, 0.3) is 6.08 Å². The number of methoxy groups -OCH3 is 1. The summed E-state index contributed by atoms with van der Waals surface area (Å²) in [6.45, 7) is 5.24. The van der Waals surface area contributed by atoms with Crippen molar-refractivity contribution in [1.82, 2.24) is 10.3 Å². The number of pyridine rings is 1. The number of nitrogens with one attached hydrogen (secondary N) is 1. The van der Waals surface area contributed by atoms with E-state index in [0.29, 0.717) is 6.61 Å². The van der Waals surface area contributed by atoms with E-state index in [1.165, 1.54) is 0 Å². The average molecular weight is 250 g/mol. The van der Waals surface area contributed by atoms with Crippen molar-refractivity contribution in [2.75, 3.05) is 33.4 Å². The predicted molar refractivity (Wildman–Crippen MR) is 73.8 cm³/mol. The molecule has 1 heterocycles. The molecule has 100 valence electrons. The van der Waals surface area contributed by atoms with Gasteiger partial charge in [0.2, 0.25) is 0 Å². The van der Waals surface area contributed by atoms with Crippen molar-refractivity contribution in [2.45, 2.75) is 13.3 Å². The van der Waals surface area contributed by atoms with Gasteiger partial charge in [0, 0.05) is 19.9 Å². The fourth-order valence-corrected chi connectivity index (χ4v) is 1.48. The Kier molecular flexibility index (Phi) is 7.84. The first kappa shape index (κ1) is 14.7. The highest BCUT2D eigenvalue weighted by Gasteiger charge is 1.93. The normalized spacial score (nSPS) is 11.0. The van der Waals surface area contributed by atoms with Crippen molar-refractivity contribution in [2.24, 2.45) is 0 Å². The van der Waals surface area contributed by atoms with Gasteiger partial charge < -0.3 is 14.8 Å². The first-order valence-electron chi connectivity index (χ1n) is 6.31. The van der Waals surface area contributed by atoms with E-state index in [-0.39, 0.29) is 0 Å². The maximum absolute atomic E-state index is 5.40. The van der Waals surface area contributed by atoms with E-state index in [4.69, 9.17) is 9.47 Å². The molecule has 0 radical (unpaired) electrons. The zero-order valence-corrected chi connectivity index (χ0v) is 11.2. The minimum absolute atomic E-state index is 0.665. The quantitative estimate of drug-likeness (QED) is 0.682. The van der Waals surface area contributed by atoms with Gasteiger partial charge in [-0.3, -0.25) is 4.98 Å². The second-order valence-corrected chi connectivity index (χ2v) is 3.82. The number of nitrogens with zero attached hydrogens (tertiary/aromatic N) is 1. The predicted octanol–water partition coefficient (Wildman–Crippen LogP) is 2.12. The molecule has 0 fully saturated rings. The molecule has 0 aliphatic carbocycles. The van der Waals surface area contributed by atoms with Crippen LogP contribution in [0.5, 0.6) is 5.75 Å². The summed E-state index contributed by atoms with van der Waals surface area (Å²) in [4.78, 5) is 4.13. The Morgan fingerprint density at radius 2 is 2.22 bits per heavy atom. The Balaban J connectivity index is 2.26. The minimum Gasteiger partial charge on any atom is -0.492 e. The van der Waals surface area contributed by atoms with Gasteiger partial charge in [-0.1, -0.05) is 12.2 Å². The maximum atomic E-state index is 5.40. The lowest BCUT2D eigenvalue weighted by Gasteiger charge is -2.02. The Morgan fingerprint density at radius 3 is 3.00 bits per heavy atom. The fourth-order valence-electron chi connectivity index (χ4n) is 1.48. The van der Waals surface area contributed by atoms with Crippen LogP contribution in [0.1, 0.15) is 18.9 Å². The first-order valence-corrected chi connectivity index (χ1v) is 6.31. The van der Waals surface area contributed by atoms with E-state index in [2.05, 4.69) is 22.5 Å². The summed E-state index contributed by atoms with van der Waals surface area (Å²) in [6, 6.07) is 1.99. The zero-order chi connectivity index (χ0) is 13.1. The third-order valence-corrected chi connectivity index (χ3v) is 2.33. The molecular weight excluding hydrogens is 228 g/mol. The second kappa shape index (κ2) is 9.62. The summed E-state index contributed by atoms with van der Waals surface area (Å²) in [5.41, 5.74) is 1.07. The van der Waals surface area contributed by atoms with Gasteiger partial charge in [-0.05, 0) is 31.5 Å². The van der Waals surface area contributed by atoms with Gasteiger partial charge in [0.1, 0.15) is 5.75 Å². The number of ether oxygens (including phenoxy) is 2. The lowest BCUT2D eigenvalue weighted by molar-refractivity contribution is 0.199. The Labute approximate surface area is 109 Å². The summed E-state index contributed by atoms with van der Waals surface area (Å²) < 4.78 is 10.3. The van der Waals surface area contributed by atoms with Crippen LogP contribution < -0.4 is 10.1 Å². The lowest BCUT2D eigenvalue weighted by Crippen LogP contribution is -2.19. The maximum Gasteiger partial charge on any atom is 0.138 e. The third kappa shape index (κ3) is 6.37. The van der Waals surface area contributed by atoms with Crippen LogP contribution >= 0.6 is 0 Å². The van der Waals surface area contributed by atoms with Gasteiger partial charge in [-0.25, -0.2) is 0 Å². The van der Waals surface area contributed by atoms with E-state index >= 15 is 0 Å². The van der Waals surface area contributed by atoms with Crippen LogP contribution in [-0.4, -0.2) is 38.4 Å². The number of hydrogen-bond donors (Lipinski definition) is 1. The molecule has 0 unspecified atom stereocenters. The SMILES string of the molecule is CCOc1cncc(/C=C/CCNCCOC)c1. The first-order chi connectivity index (χ1) is 8.86. The molecule has 4 heteroatoms. The van der Waals surface area contributed by atoms with E-state index in [0.717, 1.165) is 37.4 Å². The fraction of sp³-hybridized carbons (Fsp3) is 0.500. The molecule has 4 nitrogen and oxygen atoms in total.